The van der Waals surface area contributed by atoms with Gasteiger partial charge in [-0.05, 0) is 22.0 Å². The summed E-state index contributed by atoms with van der Waals surface area (Å²) in [5.41, 5.74) is -0.440. The summed E-state index contributed by atoms with van der Waals surface area (Å²) in [6, 6.07) is 1.60. The summed E-state index contributed by atoms with van der Waals surface area (Å²) < 4.78 is 10.8. The molecule has 0 radical (unpaired) electrons. The molecular formula is C10H7BrN4O4. The summed E-state index contributed by atoms with van der Waals surface area (Å²) in [6.07, 6.45) is 4.08. The van der Waals surface area contributed by atoms with Gasteiger partial charge in [-0.1, -0.05) is 0 Å². The number of ether oxygens (including phenoxy) is 2. The fourth-order valence-electron chi connectivity index (χ4n) is 1.29. The Morgan fingerprint density at radius 1 is 1.32 bits per heavy atom. The molecule has 2 heterocycles. The molecule has 0 unspecified atom stereocenters. The van der Waals surface area contributed by atoms with Crippen LogP contribution in [0.2, 0.25) is 0 Å². The van der Waals surface area contributed by atoms with Crippen molar-refractivity contribution in [2.45, 2.75) is 0 Å². The fourth-order valence-corrected chi connectivity index (χ4v) is 1.63. The first kappa shape index (κ1) is 13.1. The molecule has 0 saturated carbocycles. The maximum Gasteiger partial charge on any atom is 0.392 e. The third kappa shape index (κ3) is 2.94. The fraction of sp³-hybridized carbons (Fsp3) is 0.100. The van der Waals surface area contributed by atoms with Gasteiger partial charge in [-0.3, -0.25) is 15.1 Å². The highest BCUT2D eigenvalue weighted by Gasteiger charge is 2.25. The highest BCUT2D eigenvalue weighted by molar-refractivity contribution is 9.10. The third-order valence-corrected chi connectivity index (χ3v) is 2.46. The lowest BCUT2D eigenvalue weighted by atomic mass is 10.4. The maximum atomic E-state index is 11.0. The molecule has 0 aliphatic carbocycles. The Morgan fingerprint density at radius 3 is 2.68 bits per heavy atom. The molecule has 0 atom stereocenters. The molecule has 0 saturated heterocycles. The van der Waals surface area contributed by atoms with Gasteiger partial charge in [0.2, 0.25) is 0 Å². The van der Waals surface area contributed by atoms with Crippen molar-refractivity contribution < 1.29 is 14.4 Å². The second-order valence-electron chi connectivity index (χ2n) is 3.23. The molecule has 0 bridgehead atoms. The van der Waals surface area contributed by atoms with Crippen LogP contribution in [-0.2, 0) is 0 Å². The van der Waals surface area contributed by atoms with Crippen molar-refractivity contribution in [3.63, 3.8) is 0 Å². The quantitative estimate of drug-likeness (QED) is 0.627. The molecule has 9 heteroatoms. The topological polar surface area (TPSA) is 100 Å². The molecular weight excluding hydrogens is 320 g/mol. The predicted octanol–water partition coefficient (Wildman–Crippen LogP) is 2.34. The number of rotatable bonds is 4. The second-order valence-corrected chi connectivity index (χ2v) is 4.15. The van der Waals surface area contributed by atoms with Gasteiger partial charge in [0.15, 0.2) is 0 Å². The van der Waals surface area contributed by atoms with Gasteiger partial charge in [-0.25, -0.2) is 0 Å². The minimum absolute atomic E-state index is 0.169. The van der Waals surface area contributed by atoms with Crippen LogP contribution in [0.5, 0.6) is 17.5 Å². The number of hydrogen-bond acceptors (Lipinski definition) is 7. The van der Waals surface area contributed by atoms with Crippen LogP contribution in [0.3, 0.4) is 0 Å². The van der Waals surface area contributed by atoms with Crippen LogP contribution in [0.15, 0.2) is 29.3 Å². The van der Waals surface area contributed by atoms with Gasteiger partial charge in [0.1, 0.15) is 12.1 Å². The summed E-state index contributed by atoms with van der Waals surface area (Å²) in [5, 5.41) is 11.0. The average Bonchev–Trinajstić information content (AvgIpc) is 2.38. The van der Waals surface area contributed by atoms with E-state index in [1.165, 1.54) is 13.3 Å². The lowest BCUT2D eigenvalue weighted by Crippen LogP contribution is -2.01. The summed E-state index contributed by atoms with van der Waals surface area (Å²) in [5.74, 6) is -0.0760. The van der Waals surface area contributed by atoms with E-state index >= 15 is 0 Å². The lowest BCUT2D eigenvalue weighted by molar-refractivity contribution is -0.387. The number of nitrogens with zero attached hydrogens (tertiary/aromatic N) is 4. The molecule has 0 aromatic carbocycles. The van der Waals surface area contributed by atoms with Crippen molar-refractivity contribution in [3.05, 3.63) is 39.4 Å². The zero-order chi connectivity index (χ0) is 13.8. The number of aromatic nitrogens is 3. The smallest absolute Gasteiger partial charge is 0.392 e. The van der Waals surface area contributed by atoms with Crippen molar-refractivity contribution in [1.82, 2.24) is 15.0 Å². The molecule has 2 aromatic heterocycles. The SMILES string of the molecule is COc1ncnc(Oc2cncc(Br)c2)c1[N+](=O)[O-]. The van der Waals surface area contributed by atoms with Gasteiger partial charge in [0.05, 0.1) is 18.2 Å². The van der Waals surface area contributed by atoms with Crippen LogP contribution >= 0.6 is 15.9 Å². The molecule has 2 aromatic rings. The van der Waals surface area contributed by atoms with Crippen LogP contribution in [0.4, 0.5) is 5.69 Å². The van der Waals surface area contributed by atoms with Crippen LogP contribution in [-0.4, -0.2) is 27.0 Å². The van der Waals surface area contributed by atoms with E-state index in [1.807, 2.05) is 0 Å². The molecule has 0 aliphatic rings. The Balaban J connectivity index is 2.42. The van der Waals surface area contributed by atoms with Gasteiger partial charge in [-0.2, -0.15) is 9.97 Å². The van der Waals surface area contributed by atoms with Crippen LogP contribution < -0.4 is 9.47 Å². The van der Waals surface area contributed by atoms with Gasteiger partial charge in [0.25, 0.3) is 0 Å². The van der Waals surface area contributed by atoms with Gasteiger partial charge < -0.3 is 9.47 Å². The van der Waals surface area contributed by atoms with Crippen molar-refractivity contribution in [3.8, 4) is 17.5 Å². The minimum atomic E-state index is -0.667. The average molecular weight is 327 g/mol. The molecule has 0 aliphatic heterocycles. The molecule has 98 valence electrons. The Labute approximate surface area is 115 Å². The molecule has 0 spiro atoms. The molecule has 0 fully saturated rings. The van der Waals surface area contributed by atoms with Gasteiger partial charge in [0, 0.05) is 10.7 Å². The van der Waals surface area contributed by atoms with Crippen LogP contribution in [0.25, 0.3) is 0 Å². The normalized spacial score (nSPS) is 10.0. The van der Waals surface area contributed by atoms with Crippen LogP contribution in [0, 0.1) is 10.1 Å². The van der Waals surface area contributed by atoms with Crippen LogP contribution in [0.1, 0.15) is 0 Å². The van der Waals surface area contributed by atoms with Crippen molar-refractivity contribution >= 4 is 21.6 Å². The van der Waals surface area contributed by atoms with E-state index in [2.05, 4.69) is 30.9 Å². The highest BCUT2D eigenvalue weighted by atomic mass is 79.9. The molecule has 0 amide bonds. The van der Waals surface area contributed by atoms with Crippen molar-refractivity contribution in [1.29, 1.82) is 0 Å². The Bertz CT molecular complexity index is 622. The van der Waals surface area contributed by atoms with E-state index in [-0.39, 0.29) is 11.8 Å². The van der Waals surface area contributed by atoms with E-state index in [0.29, 0.717) is 10.2 Å². The first-order chi connectivity index (χ1) is 9.11. The number of methoxy groups -OCH3 is 1. The largest absolute Gasteiger partial charge is 0.476 e. The van der Waals surface area contributed by atoms with Gasteiger partial charge >= 0.3 is 17.4 Å². The number of pyridine rings is 1. The van der Waals surface area contributed by atoms with Crippen molar-refractivity contribution in [2.24, 2.45) is 0 Å². The third-order valence-electron chi connectivity index (χ3n) is 2.03. The molecule has 2 rings (SSSR count). The Hall–Kier alpha value is -2.29. The predicted molar refractivity (Wildman–Crippen MR) is 67.2 cm³/mol. The Morgan fingerprint density at radius 2 is 2.05 bits per heavy atom. The van der Waals surface area contributed by atoms with E-state index in [4.69, 9.17) is 9.47 Å². The maximum absolute atomic E-state index is 11.0. The van der Waals surface area contributed by atoms with Gasteiger partial charge in [-0.15, -0.1) is 0 Å². The van der Waals surface area contributed by atoms with E-state index in [1.54, 1.807) is 12.3 Å². The molecule has 0 N–H and O–H groups in total. The van der Waals surface area contributed by atoms with Crippen molar-refractivity contribution in [2.75, 3.05) is 7.11 Å². The zero-order valence-corrected chi connectivity index (χ0v) is 11.2. The first-order valence-corrected chi connectivity index (χ1v) is 5.73. The van der Waals surface area contributed by atoms with E-state index in [9.17, 15) is 10.1 Å². The monoisotopic (exact) mass is 326 g/mol. The minimum Gasteiger partial charge on any atom is -0.476 e. The summed E-state index contributed by atoms with van der Waals surface area (Å²) >= 11 is 3.22. The Kier molecular flexibility index (Phi) is 3.85. The second kappa shape index (κ2) is 5.57. The first-order valence-electron chi connectivity index (χ1n) is 4.93. The van der Waals surface area contributed by atoms with E-state index < -0.39 is 10.6 Å². The standard InChI is InChI=1S/C10H7BrN4O4/c1-18-9-8(15(16)17)10(14-5-13-9)19-7-2-6(11)3-12-4-7/h2-5H,1H3. The summed E-state index contributed by atoms with van der Waals surface area (Å²) in [6.45, 7) is 0. The zero-order valence-electron chi connectivity index (χ0n) is 9.61. The highest BCUT2D eigenvalue weighted by Crippen LogP contribution is 2.35. The lowest BCUT2D eigenvalue weighted by Gasteiger charge is -2.06. The number of halogens is 1. The molecule has 19 heavy (non-hydrogen) atoms. The summed E-state index contributed by atoms with van der Waals surface area (Å²) in [4.78, 5) is 21.6. The summed E-state index contributed by atoms with van der Waals surface area (Å²) in [7, 11) is 1.28. The van der Waals surface area contributed by atoms with E-state index in [0.717, 1.165) is 6.33 Å². The number of hydrogen-bond donors (Lipinski definition) is 0. The number of nitro groups is 1. The molecule has 8 nitrogen and oxygen atoms in total.